The monoisotopic (exact) mass is 308 g/mol. The Morgan fingerprint density at radius 3 is 2.74 bits per heavy atom. The fourth-order valence-corrected chi connectivity index (χ4v) is 2.11. The summed E-state index contributed by atoms with van der Waals surface area (Å²) in [6.07, 6.45) is 1.47. The van der Waals surface area contributed by atoms with Gasteiger partial charge in [-0.25, -0.2) is 4.98 Å². The molecule has 3 aromatic rings. The Balaban J connectivity index is 1.69. The molecule has 0 atom stereocenters. The van der Waals surface area contributed by atoms with Crippen molar-refractivity contribution >= 4 is 11.7 Å². The van der Waals surface area contributed by atoms with Gasteiger partial charge in [0.15, 0.2) is 5.76 Å². The van der Waals surface area contributed by atoms with E-state index in [9.17, 15) is 4.79 Å². The van der Waals surface area contributed by atoms with E-state index in [1.165, 1.54) is 6.26 Å². The van der Waals surface area contributed by atoms with Gasteiger partial charge in [-0.1, -0.05) is 24.3 Å². The van der Waals surface area contributed by atoms with E-state index in [-0.39, 0.29) is 18.3 Å². The van der Waals surface area contributed by atoms with Gasteiger partial charge in [0.1, 0.15) is 18.2 Å². The number of benzene rings is 1. The largest absolute Gasteiger partial charge is 0.489 e. The molecule has 0 bridgehead atoms. The number of ether oxygens (including phenoxy) is 1. The predicted molar refractivity (Wildman–Crippen MR) is 86.4 cm³/mol. The van der Waals surface area contributed by atoms with Crippen molar-refractivity contribution in [2.24, 2.45) is 0 Å². The second-order valence-corrected chi connectivity index (χ2v) is 5.00. The summed E-state index contributed by atoms with van der Waals surface area (Å²) in [7, 11) is 0. The van der Waals surface area contributed by atoms with E-state index in [1.807, 2.05) is 49.4 Å². The molecule has 0 spiro atoms. The number of hydrogen-bond donors (Lipinski definition) is 1. The zero-order valence-electron chi connectivity index (χ0n) is 12.7. The van der Waals surface area contributed by atoms with Crippen LogP contribution < -0.4 is 10.1 Å². The predicted octanol–water partition coefficient (Wildman–Crippen LogP) is 3.81. The second-order valence-electron chi connectivity index (χ2n) is 5.00. The third kappa shape index (κ3) is 3.77. The third-order valence-electron chi connectivity index (χ3n) is 3.22. The number of furan rings is 1. The highest BCUT2D eigenvalue weighted by Gasteiger charge is 2.16. The summed E-state index contributed by atoms with van der Waals surface area (Å²) in [5, 5.41) is 2.72. The molecule has 0 aliphatic heterocycles. The molecule has 5 nitrogen and oxygen atoms in total. The lowest BCUT2D eigenvalue weighted by atomic mass is 10.2. The van der Waals surface area contributed by atoms with E-state index in [0.29, 0.717) is 11.4 Å². The van der Waals surface area contributed by atoms with Gasteiger partial charge in [0.25, 0.3) is 5.91 Å². The van der Waals surface area contributed by atoms with Crippen molar-refractivity contribution in [3.8, 4) is 5.75 Å². The number of para-hydroxylation sites is 1. The number of carbonyl (C=O) groups is 1. The van der Waals surface area contributed by atoms with Crippen molar-refractivity contribution in [2.45, 2.75) is 13.5 Å². The summed E-state index contributed by atoms with van der Waals surface area (Å²) in [5.41, 5.74) is 1.51. The van der Waals surface area contributed by atoms with Crippen LogP contribution in [-0.2, 0) is 6.61 Å². The van der Waals surface area contributed by atoms with Crippen molar-refractivity contribution in [3.63, 3.8) is 0 Å². The first-order valence-corrected chi connectivity index (χ1v) is 7.21. The highest BCUT2D eigenvalue weighted by atomic mass is 16.5. The Kier molecular flexibility index (Phi) is 4.38. The number of aromatic nitrogens is 1. The summed E-state index contributed by atoms with van der Waals surface area (Å²) in [4.78, 5) is 16.6. The van der Waals surface area contributed by atoms with Crippen LogP contribution in [0.2, 0.25) is 0 Å². The van der Waals surface area contributed by atoms with E-state index >= 15 is 0 Å². The fraction of sp³-hybridized carbons (Fsp3) is 0.111. The summed E-state index contributed by atoms with van der Waals surface area (Å²) < 4.78 is 11.0. The molecule has 116 valence electrons. The van der Waals surface area contributed by atoms with E-state index < -0.39 is 0 Å². The van der Waals surface area contributed by atoms with E-state index in [4.69, 9.17) is 9.15 Å². The van der Waals surface area contributed by atoms with Crippen LogP contribution in [0, 0.1) is 6.92 Å². The zero-order valence-corrected chi connectivity index (χ0v) is 12.7. The number of aryl methyl sites for hydroxylation is 1. The molecule has 2 heterocycles. The van der Waals surface area contributed by atoms with Crippen molar-refractivity contribution in [1.29, 1.82) is 0 Å². The van der Waals surface area contributed by atoms with Crippen molar-refractivity contribution in [2.75, 3.05) is 5.32 Å². The lowest BCUT2D eigenvalue weighted by Gasteiger charge is -2.07. The van der Waals surface area contributed by atoms with Gasteiger partial charge in [-0.2, -0.15) is 0 Å². The highest BCUT2D eigenvalue weighted by Crippen LogP contribution is 2.17. The topological polar surface area (TPSA) is 64.4 Å². The maximum atomic E-state index is 12.3. The van der Waals surface area contributed by atoms with Crippen LogP contribution in [0.1, 0.15) is 21.8 Å². The summed E-state index contributed by atoms with van der Waals surface area (Å²) in [6, 6.07) is 16.6. The van der Waals surface area contributed by atoms with Crippen molar-refractivity contribution in [3.05, 3.63) is 77.9 Å². The van der Waals surface area contributed by atoms with Crippen LogP contribution >= 0.6 is 0 Å². The second kappa shape index (κ2) is 6.79. The minimum Gasteiger partial charge on any atom is -0.489 e. The van der Waals surface area contributed by atoms with Crippen molar-refractivity contribution in [1.82, 2.24) is 4.98 Å². The van der Waals surface area contributed by atoms with Gasteiger partial charge in [-0.15, -0.1) is 0 Å². The minimum absolute atomic E-state index is 0.226. The molecular formula is C18H16N2O3. The van der Waals surface area contributed by atoms with Gasteiger partial charge in [0.05, 0.1) is 6.26 Å². The smallest absolute Gasteiger partial charge is 0.292 e. The average molecular weight is 308 g/mol. The molecule has 0 fully saturated rings. The number of amides is 1. The Labute approximate surface area is 133 Å². The van der Waals surface area contributed by atoms with Crippen LogP contribution in [0.3, 0.4) is 0 Å². The molecule has 0 saturated heterocycles. The molecule has 1 amide bonds. The summed E-state index contributed by atoms with van der Waals surface area (Å²) >= 11 is 0. The molecule has 1 aromatic carbocycles. The minimum atomic E-state index is -0.347. The van der Waals surface area contributed by atoms with Crippen LogP contribution in [0.25, 0.3) is 0 Å². The fourth-order valence-electron chi connectivity index (χ4n) is 2.11. The van der Waals surface area contributed by atoms with Gasteiger partial charge in [-0.3, -0.25) is 4.79 Å². The van der Waals surface area contributed by atoms with Gasteiger partial charge in [0.2, 0.25) is 0 Å². The van der Waals surface area contributed by atoms with Crippen LogP contribution in [0.4, 0.5) is 5.82 Å². The highest BCUT2D eigenvalue weighted by molar-refractivity contribution is 6.02. The lowest BCUT2D eigenvalue weighted by molar-refractivity contribution is 0.0993. The molecule has 23 heavy (non-hydrogen) atoms. The number of hydrogen-bond acceptors (Lipinski definition) is 4. The normalized spacial score (nSPS) is 10.3. The number of pyridine rings is 1. The maximum absolute atomic E-state index is 12.3. The molecule has 2 aromatic heterocycles. The van der Waals surface area contributed by atoms with Gasteiger partial charge < -0.3 is 14.5 Å². The van der Waals surface area contributed by atoms with Crippen molar-refractivity contribution < 1.29 is 13.9 Å². The molecular weight excluding hydrogens is 292 g/mol. The Morgan fingerprint density at radius 1 is 1.13 bits per heavy atom. The molecule has 0 saturated carbocycles. The van der Waals surface area contributed by atoms with Crippen LogP contribution in [0.15, 0.2) is 65.3 Å². The Hall–Kier alpha value is -3.08. The first kappa shape index (κ1) is 14.8. The molecule has 5 heteroatoms. The number of carbonyl (C=O) groups excluding carboxylic acids is 1. The Morgan fingerprint density at radius 2 is 1.96 bits per heavy atom. The Bertz CT molecular complexity index is 797. The van der Waals surface area contributed by atoms with Gasteiger partial charge in [0, 0.05) is 11.3 Å². The van der Waals surface area contributed by atoms with Gasteiger partial charge >= 0.3 is 0 Å². The summed E-state index contributed by atoms with van der Waals surface area (Å²) in [5.74, 6) is 1.10. The molecule has 3 rings (SSSR count). The van der Waals surface area contributed by atoms with E-state index in [1.54, 1.807) is 12.1 Å². The maximum Gasteiger partial charge on any atom is 0.292 e. The van der Waals surface area contributed by atoms with E-state index in [0.717, 1.165) is 11.4 Å². The number of nitrogens with zero attached hydrogens (tertiary/aromatic N) is 1. The standard InChI is InChI=1S/C18H16N2O3/c1-13-6-5-9-16(19-13)20-18(21)17-14(10-11-22-17)12-23-15-7-3-2-4-8-15/h2-11H,12H2,1H3,(H,19,20,21). The molecule has 0 radical (unpaired) electrons. The zero-order chi connectivity index (χ0) is 16.1. The average Bonchev–Trinajstić information content (AvgIpc) is 3.02. The third-order valence-corrected chi connectivity index (χ3v) is 3.22. The summed E-state index contributed by atoms with van der Waals surface area (Å²) in [6.45, 7) is 2.12. The molecule has 0 aliphatic rings. The first-order valence-electron chi connectivity index (χ1n) is 7.21. The molecule has 0 unspecified atom stereocenters. The number of nitrogens with one attached hydrogen (secondary N) is 1. The van der Waals surface area contributed by atoms with Gasteiger partial charge in [-0.05, 0) is 37.3 Å². The number of anilines is 1. The quantitative estimate of drug-likeness (QED) is 0.778. The number of rotatable bonds is 5. The SMILES string of the molecule is Cc1cccc(NC(=O)c2occc2COc2ccccc2)n1. The van der Waals surface area contributed by atoms with E-state index in [2.05, 4.69) is 10.3 Å². The van der Waals surface area contributed by atoms with Crippen LogP contribution in [-0.4, -0.2) is 10.9 Å². The lowest BCUT2D eigenvalue weighted by Crippen LogP contribution is -2.14. The first-order chi connectivity index (χ1) is 11.2. The molecule has 0 aliphatic carbocycles. The molecule has 1 N–H and O–H groups in total. The van der Waals surface area contributed by atoms with Crippen LogP contribution in [0.5, 0.6) is 5.75 Å².